The van der Waals surface area contributed by atoms with E-state index < -0.39 is 22.0 Å². The van der Waals surface area contributed by atoms with E-state index in [0.29, 0.717) is 13.1 Å². The van der Waals surface area contributed by atoms with Crippen LogP contribution in [0.3, 0.4) is 0 Å². The molecule has 0 amide bonds. The van der Waals surface area contributed by atoms with Crippen molar-refractivity contribution >= 4 is 22.0 Å². The molecule has 0 unspecified atom stereocenters. The molecule has 26 heavy (non-hydrogen) atoms. The molecule has 1 aliphatic rings. The molecular weight excluding hydrogens is 358 g/mol. The van der Waals surface area contributed by atoms with Gasteiger partial charge >= 0.3 is 11.9 Å². The largest absolute Gasteiger partial charge is 0.478 e. The van der Waals surface area contributed by atoms with Crippen LogP contribution in [-0.2, 0) is 10.0 Å². The first-order chi connectivity index (χ1) is 12.3. The zero-order valence-electron chi connectivity index (χ0n) is 13.8. The summed E-state index contributed by atoms with van der Waals surface area (Å²) in [5.41, 5.74) is 0.265. The fourth-order valence-electron chi connectivity index (χ4n) is 3.03. The van der Waals surface area contributed by atoms with E-state index in [-0.39, 0.29) is 27.1 Å². The van der Waals surface area contributed by atoms with Crippen LogP contribution in [0.25, 0.3) is 11.1 Å². The molecule has 0 bridgehead atoms. The van der Waals surface area contributed by atoms with Gasteiger partial charge in [-0.1, -0.05) is 18.2 Å². The Morgan fingerprint density at radius 1 is 0.923 bits per heavy atom. The molecule has 3 rings (SSSR count). The van der Waals surface area contributed by atoms with Gasteiger partial charge < -0.3 is 10.2 Å². The van der Waals surface area contributed by atoms with Crippen molar-refractivity contribution in [1.29, 1.82) is 0 Å². The highest BCUT2D eigenvalue weighted by Gasteiger charge is 2.28. The highest BCUT2D eigenvalue weighted by atomic mass is 32.2. The van der Waals surface area contributed by atoms with Gasteiger partial charge in [0.2, 0.25) is 10.0 Å². The Morgan fingerprint density at radius 2 is 1.58 bits per heavy atom. The van der Waals surface area contributed by atoms with Crippen LogP contribution in [0.5, 0.6) is 0 Å². The van der Waals surface area contributed by atoms with E-state index in [4.69, 9.17) is 0 Å². The third-order valence-corrected chi connectivity index (χ3v) is 6.20. The topological polar surface area (TPSA) is 112 Å². The molecule has 1 aliphatic heterocycles. The standard InChI is InChI=1S/C18H17NO6S/c20-17(21)13-9-12(15-5-1-2-6-16(15)18(22)23)10-14(11-13)26(24,25)19-7-3-4-8-19/h1-2,5-6,9-11H,3-4,7-8H2,(H,20,21)(H,22,23). The molecule has 1 saturated heterocycles. The van der Waals surface area contributed by atoms with Crippen molar-refractivity contribution in [3.63, 3.8) is 0 Å². The Hall–Kier alpha value is -2.71. The molecule has 7 nitrogen and oxygen atoms in total. The zero-order chi connectivity index (χ0) is 18.9. The number of aromatic carboxylic acids is 2. The molecule has 0 radical (unpaired) electrons. The Bertz CT molecular complexity index is 977. The summed E-state index contributed by atoms with van der Waals surface area (Å²) in [6.45, 7) is 0.779. The Balaban J connectivity index is 2.21. The minimum absolute atomic E-state index is 0.0282. The molecule has 8 heteroatoms. The minimum atomic E-state index is -3.84. The number of carboxylic acids is 2. The van der Waals surface area contributed by atoms with Gasteiger partial charge in [-0.05, 0) is 48.2 Å². The molecule has 2 N–H and O–H groups in total. The van der Waals surface area contributed by atoms with Crippen molar-refractivity contribution in [2.45, 2.75) is 17.7 Å². The minimum Gasteiger partial charge on any atom is -0.478 e. The zero-order valence-corrected chi connectivity index (χ0v) is 14.6. The van der Waals surface area contributed by atoms with Crippen molar-refractivity contribution in [2.24, 2.45) is 0 Å². The van der Waals surface area contributed by atoms with Crippen molar-refractivity contribution in [3.05, 3.63) is 53.6 Å². The van der Waals surface area contributed by atoms with Gasteiger partial charge in [0.05, 0.1) is 16.0 Å². The Labute approximate surface area is 150 Å². The first-order valence-corrected chi connectivity index (χ1v) is 9.46. The van der Waals surface area contributed by atoms with E-state index in [9.17, 15) is 28.2 Å². The molecular formula is C18H17NO6S. The van der Waals surface area contributed by atoms with Crippen molar-refractivity contribution in [1.82, 2.24) is 4.31 Å². The van der Waals surface area contributed by atoms with Crippen LogP contribution >= 0.6 is 0 Å². The van der Waals surface area contributed by atoms with Crippen LogP contribution in [0.1, 0.15) is 33.6 Å². The van der Waals surface area contributed by atoms with Gasteiger partial charge in [-0.2, -0.15) is 4.31 Å². The predicted molar refractivity (Wildman–Crippen MR) is 93.8 cm³/mol. The van der Waals surface area contributed by atoms with Gasteiger partial charge in [0.15, 0.2) is 0 Å². The summed E-state index contributed by atoms with van der Waals surface area (Å²) in [6, 6.07) is 9.81. The van der Waals surface area contributed by atoms with E-state index in [1.165, 1.54) is 28.6 Å². The van der Waals surface area contributed by atoms with Crippen molar-refractivity contribution < 1.29 is 28.2 Å². The van der Waals surface area contributed by atoms with Crippen LogP contribution < -0.4 is 0 Å². The Morgan fingerprint density at radius 3 is 2.19 bits per heavy atom. The number of carbonyl (C=O) groups is 2. The summed E-state index contributed by atoms with van der Waals surface area (Å²) >= 11 is 0. The number of rotatable bonds is 5. The summed E-state index contributed by atoms with van der Waals surface area (Å²) in [7, 11) is -3.84. The van der Waals surface area contributed by atoms with Crippen molar-refractivity contribution in [3.8, 4) is 11.1 Å². The second kappa shape index (κ2) is 6.89. The summed E-state index contributed by atoms with van der Waals surface area (Å²) in [6.07, 6.45) is 1.51. The van der Waals surface area contributed by atoms with E-state index in [1.807, 2.05) is 0 Å². The van der Waals surface area contributed by atoms with Gasteiger partial charge in [0.25, 0.3) is 0 Å². The smallest absolute Gasteiger partial charge is 0.336 e. The van der Waals surface area contributed by atoms with E-state index >= 15 is 0 Å². The van der Waals surface area contributed by atoms with Crippen LogP contribution in [0, 0.1) is 0 Å². The molecule has 0 aromatic heterocycles. The third-order valence-electron chi connectivity index (χ3n) is 4.32. The second-order valence-electron chi connectivity index (χ2n) is 6.01. The number of sulfonamides is 1. The maximum absolute atomic E-state index is 12.8. The molecule has 2 aromatic rings. The molecule has 1 fully saturated rings. The number of hydrogen-bond donors (Lipinski definition) is 2. The number of carboxylic acid groups (broad SMARTS) is 2. The lowest BCUT2D eigenvalue weighted by atomic mass is 9.98. The molecule has 136 valence electrons. The lowest BCUT2D eigenvalue weighted by Crippen LogP contribution is -2.28. The second-order valence-corrected chi connectivity index (χ2v) is 7.95. The molecule has 0 spiro atoms. The van der Waals surface area contributed by atoms with Gasteiger partial charge in [-0.25, -0.2) is 18.0 Å². The first kappa shape index (κ1) is 18.1. The number of nitrogens with zero attached hydrogens (tertiary/aromatic N) is 1. The fraction of sp³-hybridized carbons (Fsp3) is 0.222. The molecule has 1 heterocycles. The average Bonchev–Trinajstić information content (AvgIpc) is 3.16. The third kappa shape index (κ3) is 3.33. The van der Waals surface area contributed by atoms with Gasteiger partial charge in [0.1, 0.15) is 0 Å². The SMILES string of the molecule is O=C(O)c1cc(-c2ccccc2C(=O)O)cc(S(=O)(=O)N2CCCC2)c1. The van der Waals surface area contributed by atoms with Crippen LogP contribution in [-0.4, -0.2) is 48.0 Å². The lowest BCUT2D eigenvalue weighted by molar-refractivity contribution is 0.0687. The van der Waals surface area contributed by atoms with Crippen LogP contribution in [0.2, 0.25) is 0 Å². The monoisotopic (exact) mass is 375 g/mol. The summed E-state index contributed by atoms with van der Waals surface area (Å²) in [5.74, 6) is -2.46. The van der Waals surface area contributed by atoms with Crippen molar-refractivity contribution in [2.75, 3.05) is 13.1 Å². The molecule has 0 aliphatic carbocycles. The average molecular weight is 375 g/mol. The van der Waals surface area contributed by atoms with E-state index in [0.717, 1.165) is 18.9 Å². The fourth-order valence-corrected chi connectivity index (χ4v) is 4.61. The highest BCUT2D eigenvalue weighted by molar-refractivity contribution is 7.89. The first-order valence-electron chi connectivity index (χ1n) is 8.02. The number of benzene rings is 2. The summed E-state index contributed by atoms with van der Waals surface area (Å²) in [4.78, 5) is 22.8. The molecule has 0 saturated carbocycles. The maximum atomic E-state index is 12.8. The Kier molecular flexibility index (Phi) is 4.80. The molecule has 0 atom stereocenters. The summed E-state index contributed by atoms with van der Waals surface area (Å²) < 4.78 is 27.0. The quantitative estimate of drug-likeness (QED) is 0.830. The van der Waals surface area contributed by atoms with Gasteiger partial charge in [0, 0.05) is 13.1 Å². The molecule has 2 aromatic carbocycles. The van der Waals surface area contributed by atoms with Crippen LogP contribution in [0.4, 0.5) is 0 Å². The van der Waals surface area contributed by atoms with Gasteiger partial charge in [-0.15, -0.1) is 0 Å². The van der Waals surface area contributed by atoms with Gasteiger partial charge in [-0.3, -0.25) is 0 Å². The maximum Gasteiger partial charge on any atom is 0.336 e. The summed E-state index contributed by atoms with van der Waals surface area (Å²) in [5, 5.41) is 18.7. The van der Waals surface area contributed by atoms with E-state index in [1.54, 1.807) is 12.1 Å². The number of hydrogen-bond acceptors (Lipinski definition) is 4. The highest BCUT2D eigenvalue weighted by Crippen LogP contribution is 2.30. The van der Waals surface area contributed by atoms with Crippen LogP contribution in [0.15, 0.2) is 47.4 Å². The van der Waals surface area contributed by atoms with E-state index in [2.05, 4.69) is 0 Å². The lowest BCUT2D eigenvalue weighted by Gasteiger charge is -2.17. The normalized spacial score (nSPS) is 15.1. The predicted octanol–water partition coefficient (Wildman–Crippen LogP) is 2.53.